The van der Waals surface area contributed by atoms with Crippen LogP contribution in [0.1, 0.15) is 50.3 Å². The van der Waals surface area contributed by atoms with E-state index < -0.39 is 13.9 Å². The lowest BCUT2D eigenvalue weighted by Gasteiger charge is -2.44. The number of rotatable bonds is 8. The van der Waals surface area contributed by atoms with Gasteiger partial charge in [0.05, 0.1) is 32.0 Å². The molecule has 0 bridgehead atoms. The maximum absolute atomic E-state index is 11.2. The molecule has 6 heteroatoms. The lowest BCUT2D eigenvalue weighted by molar-refractivity contribution is -0.150. The summed E-state index contributed by atoms with van der Waals surface area (Å²) in [6, 6.07) is 12.1. The van der Waals surface area contributed by atoms with Crippen LogP contribution in [0, 0.1) is 0 Å². The quantitative estimate of drug-likeness (QED) is 0.586. The fourth-order valence-corrected chi connectivity index (χ4v) is 4.33. The van der Waals surface area contributed by atoms with Gasteiger partial charge in [-0.25, -0.2) is 4.98 Å². The first-order chi connectivity index (χ1) is 14.0. The zero-order chi connectivity index (χ0) is 22.0. The van der Waals surface area contributed by atoms with Gasteiger partial charge in [-0.2, -0.15) is 0 Å². The van der Waals surface area contributed by atoms with Gasteiger partial charge < -0.3 is 19.0 Å². The summed E-state index contributed by atoms with van der Waals surface area (Å²) in [5.41, 5.74) is 1.84. The second-order valence-corrected chi connectivity index (χ2v) is 14.6. The zero-order valence-corrected chi connectivity index (χ0v) is 20.1. The van der Waals surface area contributed by atoms with E-state index in [9.17, 15) is 5.11 Å². The predicted molar refractivity (Wildman–Crippen MR) is 121 cm³/mol. The van der Waals surface area contributed by atoms with Crippen molar-refractivity contribution in [3.05, 3.63) is 59.3 Å². The summed E-state index contributed by atoms with van der Waals surface area (Å²) in [5, 5.41) is 11.4. The second-order valence-electron chi connectivity index (χ2n) is 9.81. The van der Waals surface area contributed by atoms with Crippen molar-refractivity contribution in [1.29, 1.82) is 0 Å². The van der Waals surface area contributed by atoms with Gasteiger partial charge in [0, 0.05) is 24.6 Å². The average molecular weight is 430 g/mol. The van der Waals surface area contributed by atoms with E-state index in [4.69, 9.17) is 13.9 Å². The standard InChI is InChI=1S/C24H35NO4Si/c1-23(2,3)30(5,6)29-17-19-12-21(22(27-4)25-15-19)24(26)13-20(14-24)28-16-18-10-8-7-9-11-18/h7-12,15,20,26H,13-14,16-17H2,1-6H3. The molecule has 1 aromatic heterocycles. The topological polar surface area (TPSA) is 60.8 Å². The highest BCUT2D eigenvalue weighted by Crippen LogP contribution is 2.46. The molecule has 0 saturated heterocycles. The van der Waals surface area contributed by atoms with Crippen molar-refractivity contribution < 1.29 is 19.0 Å². The minimum atomic E-state index is -1.86. The molecule has 0 aliphatic heterocycles. The number of methoxy groups -OCH3 is 1. The number of hydrogen-bond donors (Lipinski definition) is 1. The number of aliphatic hydroxyl groups is 1. The number of aromatic nitrogens is 1. The van der Waals surface area contributed by atoms with Gasteiger partial charge in [-0.15, -0.1) is 0 Å². The zero-order valence-electron chi connectivity index (χ0n) is 19.1. The Morgan fingerprint density at radius 2 is 1.77 bits per heavy atom. The Morgan fingerprint density at radius 3 is 2.37 bits per heavy atom. The van der Waals surface area contributed by atoms with Crippen molar-refractivity contribution in [2.24, 2.45) is 0 Å². The molecule has 1 heterocycles. The van der Waals surface area contributed by atoms with E-state index in [0.29, 0.717) is 31.9 Å². The number of hydrogen-bond acceptors (Lipinski definition) is 5. The Morgan fingerprint density at radius 1 is 1.10 bits per heavy atom. The number of ether oxygens (including phenoxy) is 2. The molecule has 1 N–H and O–H groups in total. The Balaban J connectivity index is 1.65. The Labute approximate surface area is 181 Å². The first-order valence-corrected chi connectivity index (χ1v) is 13.5. The van der Waals surface area contributed by atoms with E-state index >= 15 is 0 Å². The molecule has 1 fully saturated rings. The summed E-state index contributed by atoms with van der Waals surface area (Å²) >= 11 is 0. The summed E-state index contributed by atoms with van der Waals surface area (Å²) in [4.78, 5) is 4.44. The number of nitrogens with zero attached hydrogens (tertiary/aromatic N) is 1. The largest absolute Gasteiger partial charge is 0.481 e. The smallest absolute Gasteiger partial charge is 0.219 e. The van der Waals surface area contributed by atoms with Crippen LogP contribution in [-0.4, -0.2) is 31.6 Å². The first kappa shape index (κ1) is 22.9. The summed E-state index contributed by atoms with van der Waals surface area (Å²) in [5.74, 6) is 0.468. The third-order valence-electron chi connectivity index (χ3n) is 6.47. The first-order valence-electron chi connectivity index (χ1n) is 10.6. The minimum Gasteiger partial charge on any atom is -0.481 e. The van der Waals surface area contributed by atoms with Crippen molar-refractivity contribution >= 4 is 8.32 Å². The lowest BCUT2D eigenvalue weighted by atomic mass is 9.72. The van der Waals surface area contributed by atoms with Gasteiger partial charge in [-0.05, 0) is 35.3 Å². The molecule has 164 valence electrons. The van der Waals surface area contributed by atoms with Gasteiger partial charge in [-0.1, -0.05) is 51.1 Å². The third-order valence-corrected chi connectivity index (χ3v) is 10.9. The van der Waals surface area contributed by atoms with Gasteiger partial charge in [0.25, 0.3) is 0 Å². The predicted octanol–water partition coefficient (Wildman–Crippen LogP) is 5.18. The molecule has 1 aromatic carbocycles. The van der Waals surface area contributed by atoms with Crippen LogP contribution in [0.5, 0.6) is 5.88 Å². The fourth-order valence-electron chi connectivity index (χ4n) is 3.37. The van der Waals surface area contributed by atoms with Crippen LogP contribution in [0.2, 0.25) is 18.1 Å². The van der Waals surface area contributed by atoms with Crippen LogP contribution in [0.3, 0.4) is 0 Å². The van der Waals surface area contributed by atoms with Crippen LogP contribution in [-0.2, 0) is 28.0 Å². The van der Waals surface area contributed by atoms with Gasteiger partial charge in [-0.3, -0.25) is 0 Å². The maximum atomic E-state index is 11.2. The van der Waals surface area contributed by atoms with E-state index in [1.807, 2.05) is 36.4 Å². The summed E-state index contributed by atoms with van der Waals surface area (Å²) < 4.78 is 17.7. The Hall–Kier alpha value is -1.73. The summed E-state index contributed by atoms with van der Waals surface area (Å²) in [6.45, 7) is 12.2. The van der Waals surface area contributed by atoms with Crippen molar-refractivity contribution in [3.63, 3.8) is 0 Å². The van der Waals surface area contributed by atoms with Gasteiger partial charge in [0.15, 0.2) is 8.32 Å². The molecular weight excluding hydrogens is 394 g/mol. The highest BCUT2D eigenvalue weighted by atomic mass is 28.4. The van der Waals surface area contributed by atoms with Crippen LogP contribution in [0.25, 0.3) is 0 Å². The molecule has 0 amide bonds. The lowest BCUT2D eigenvalue weighted by Crippen LogP contribution is -2.46. The highest BCUT2D eigenvalue weighted by Gasteiger charge is 2.47. The maximum Gasteiger partial charge on any atom is 0.219 e. The Kier molecular flexibility index (Phi) is 6.72. The number of pyridine rings is 1. The molecular formula is C24H35NO4Si. The molecule has 1 saturated carbocycles. The molecule has 1 aliphatic carbocycles. The van der Waals surface area contributed by atoms with E-state index in [0.717, 1.165) is 16.7 Å². The summed E-state index contributed by atoms with van der Waals surface area (Å²) in [6.07, 6.45) is 2.86. The fraction of sp³-hybridized carbons (Fsp3) is 0.542. The van der Waals surface area contributed by atoms with Crippen molar-refractivity contribution in [1.82, 2.24) is 4.98 Å². The van der Waals surface area contributed by atoms with Crippen LogP contribution < -0.4 is 4.74 Å². The SMILES string of the molecule is COc1ncc(CO[Si](C)(C)C(C)(C)C)cc1C1(O)CC(OCc2ccccc2)C1. The molecule has 1 aliphatic rings. The van der Waals surface area contributed by atoms with E-state index in [1.165, 1.54) is 0 Å². The highest BCUT2D eigenvalue weighted by molar-refractivity contribution is 6.74. The normalized spacial score (nSPS) is 21.9. The Bertz CT molecular complexity index is 842. The number of benzene rings is 1. The van der Waals surface area contributed by atoms with Crippen LogP contribution in [0.15, 0.2) is 42.6 Å². The van der Waals surface area contributed by atoms with Crippen molar-refractivity contribution in [3.8, 4) is 5.88 Å². The van der Waals surface area contributed by atoms with Gasteiger partial charge >= 0.3 is 0 Å². The van der Waals surface area contributed by atoms with E-state index in [-0.39, 0.29) is 11.1 Å². The average Bonchev–Trinajstić information content (AvgIpc) is 2.68. The third kappa shape index (κ3) is 5.11. The minimum absolute atomic E-state index is 0.0204. The van der Waals surface area contributed by atoms with E-state index in [1.54, 1.807) is 13.3 Å². The molecule has 0 atom stereocenters. The van der Waals surface area contributed by atoms with Gasteiger partial charge in [0.2, 0.25) is 5.88 Å². The van der Waals surface area contributed by atoms with Crippen LogP contribution in [0.4, 0.5) is 0 Å². The van der Waals surface area contributed by atoms with Crippen molar-refractivity contribution in [2.45, 2.75) is 76.7 Å². The molecule has 5 nitrogen and oxygen atoms in total. The molecule has 0 radical (unpaired) electrons. The van der Waals surface area contributed by atoms with Gasteiger partial charge in [0.1, 0.15) is 0 Å². The molecule has 0 spiro atoms. The monoisotopic (exact) mass is 429 g/mol. The molecule has 2 aromatic rings. The van der Waals surface area contributed by atoms with E-state index in [2.05, 4.69) is 38.8 Å². The second kappa shape index (κ2) is 8.79. The molecule has 0 unspecified atom stereocenters. The van der Waals surface area contributed by atoms with Crippen LogP contribution >= 0.6 is 0 Å². The van der Waals surface area contributed by atoms with Crippen molar-refractivity contribution in [2.75, 3.05) is 7.11 Å². The molecule has 30 heavy (non-hydrogen) atoms. The summed E-state index contributed by atoms with van der Waals surface area (Å²) in [7, 11) is -0.276. The molecule has 3 rings (SSSR count).